The van der Waals surface area contributed by atoms with E-state index in [1.165, 1.54) is 68.8 Å². The van der Waals surface area contributed by atoms with Crippen LogP contribution >= 0.6 is 24.8 Å². The SMILES string of the molecule is CC(C)(C)c1c[c-]c2c(c1)-c1cc(C(C)(C)C)ccc1C2.CC1=[C-]C(C)C=C1C(C)(C)C.Cl.Cl.[CH2]=[Zr].[CH3-].[c-]1ccccc1. The first-order chi connectivity index (χ1) is 18.6. The number of benzene rings is 3. The van der Waals surface area contributed by atoms with Crippen molar-refractivity contribution >= 4 is 29.0 Å². The topological polar surface area (TPSA) is 0 Å². The second-order valence-corrected chi connectivity index (χ2v) is 13.8. The zero-order valence-corrected chi connectivity index (χ0v) is 32.7. The molecule has 0 radical (unpaired) electrons. The first-order valence-corrected chi connectivity index (χ1v) is 16.1. The van der Waals surface area contributed by atoms with Gasteiger partial charge in [0.2, 0.25) is 0 Å². The molecule has 0 fully saturated rings. The minimum absolute atomic E-state index is 0. The Balaban J connectivity index is 0. The van der Waals surface area contributed by atoms with Gasteiger partial charge in [-0.3, -0.25) is 6.08 Å². The van der Waals surface area contributed by atoms with E-state index in [4.69, 9.17) is 0 Å². The predicted octanol–water partition coefficient (Wildman–Crippen LogP) is 11.8. The summed E-state index contributed by atoms with van der Waals surface area (Å²) in [7, 11) is 0. The Bertz CT molecular complexity index is 1230. The van der Waals surface area contributed by atoms with Crippen molar-refractivity contribution in [3.8, 4) is 11.1 Å². The molecule has 0 saturated heterocycles. The van der Waals surface area contributed by atoms with E-state index in [2.05, 4.69) is 135 Å². The molecule has 3 aromatic carbocycles. The van der Waals surface area contributed by atoms with E-state index >= 15 is 0 Å². The van der Waals surface area contributed by atoms with E-state index in [9.17, 15) is 0 Å². The van der Waals surface area contributed by atoms with E-state index in [1.807, 2.05) is 30.3 Å². The Morgan fingerprint density at radius 2 is 1.30 bits per heavy atom. The van der Waals surface area contributed by atoms with Crippen LogP contribution in [0, 0.1) is 37.0 Å². The second kappa shape index (κ2) is 18.4. The molecule has 0 amide bonds. The van der Waals surface area contributed by atoms with Crippen LogP contribution in [0.15, 0.2) is 77.9 Å². The Morgan fingerprint density at radius 1 is 0.767 bits per heavy atom. The summed E-state index contributed by atoms with van der Waals surface area (Å²) in [6.07, 6.45) is 6.74. The van der Waals surface area contributed by atoms with Crippen molar-refractivity contribution < 1.29 is 24.2 Å². The normalized spacial score (nSPS) is 14.4. The van der Waals surface area contributed by atoms with Crippen molar-refractivity contribution in [2.75, 3.05) is 0 Å². The fourth-order valence-corrected chi connectivity index (χ4v) is 4.98. The van der Waals surface area contributed by atoms with Gasteiger partial charge in [-0.25, -0.2) is 5.57 Å². The van der Waals surface area contributed by atoms with Gasteiger partial charge < -0.3 is 7.43 Å². The molecule has 0 spiro atoms. The fraction of sp³-hybridized carbons (Fsp3) is 0.400. The van der Waals surface area contributed by atoms with E-state index < -0.39 is 0 Å². The third-order valence-corrected chi connectivity index (χ3v) is 7.21. The minimum atomic E-state index is 0. The van der Waals surface area contributed by atoms with Crippen LogP contribution in [0.5, 0.6) is 0 Å². The zero-order valence-electron chi connectivity index (χ0n) is 28.7. The summed E-state index contributed by atoms with van der Waals surface area (Å²) >= 11 is 1.30. The maximum atomic E-state index is 3.53. The molecule has 3 heteroatoms. The molecule has 1 atom stereocenters. The predicted molar refractivity (Wildman–Crippen MR) is 193 cm³/mol. The van der Waals surface area contributed by atoms with Crippen molar-refractivity contribution in [3.05, 3.63) is 126 Å². The smallest absolute Gasteiger partial charge is 0.171 e. The van der Waals surface area contributed by atoms with Gasteiger partial charge in [0.05, 0.1) is 0 Å². The van der Waals surface area contributed by atoms with Crippen molar-refractivity contribution in [1.82, 2.24) is 0 Å². The van der Waals surface area contributed by atoms with Crippen LogP contribution in [0.3, 0.4) is 0 Å². The molecule has 0 bridgehead atoms. The Hall–Kier alpha value is -1.53. The molecule has 0 aromatic heterocycles. The Labute approximate surface area is 293 Å². The summed E-state index contributed by atoms with van der Waals surface area (Å²) in [5.41, 5.74) is 11.9. The van der Waals surface area contributed by atoms with Gasteiger partial charge in [0.25, 0.3) is 0 Å². The Morgan fingerprint density at radius 3 is 1.67 bits per heavy atom. The molecule has 3 aromatic rings. The average molecular weight is 697 g/mol. The zero-order chi connectivity index (χ0) is 30.3. The van der Waals surface area contributed by atoms with Gasteiger partial charge in [0.15, 0.2) is 0 Å². The number of rotatable bonds is 0. The third kappa shape index (κ3) is 12.8. The largest absolute Gasteiger partial charge is 0.358 e. The van der Waals surface area contributed by atoms with Crippen molar-refractivity contribution in [1.29, 1.82) is 0 Å². The minimum Gasteiger partial charge on any atom is -0.358 e. The van der Waals surface area contributed by atoms with Crippen LogP contribution in [0.1, 0.15) is 98.4 Å². The Kier molecular flexibility index (Phi) is 18.7. The number of allylic oxidation sites excluding steroid dienone is 4. The van der Waals surface area contributed by atoms with Gasteiger partial charge in [0.1, 0.15) is 0 Å². The van der Waals surface area contributed by atoms with Gasteiger partial charge in [-0.15, -0.1) is 30.4 Å². The van der Waals surface area contributed by atoms with E-state index in [1.54, 1.807) is 0 Å². The summed E-state index contributed by atoms with van der Waals surface area (Å²) in [5.74, 6) is 0.518. The summed E-state index contributed by atoms with van der Waals surface area (Å²) in [4.78, 5) is 0. The number of hydrogen-bond donors (Lipinski definition) is 0. The van der Waals surface area contributed by atoms with Crippen molar-refractivity contribution in [2.45, 2.75) is 93.4 Å². The molecular weight excluding hydrogens is 643 g/mol. The molecule has 0 N–H and O–H groups in total. The van der Waals surface area contributed by atoms with E-state index in [0.29, 0.717) is 11.3 Å². The van der Waals surface area contributed by atoms with Crippen LogP contribution in [0.25, 0.3) is 11.1 Å². The van der Waals surface area contributed by atoms with Crippen LogP contribution in [0.4, 0.5) is 0 Å². The van der Waals surface area contributed by atoms with E-state index in [0.717, 1.165) is 6.42 Å². The van der Waals surface area contributed by atoms with Gasteiger partial charge in [-0.1, -0.05) is 122 Å². The molecule has 5 rings (SSSR count). The first kappa shape index (κ1) is 43.6. The van der Waals surface area contributed by atoms with Crippen molar-refractivity contribution in [3.63, 3.8) is 0 Å². The molecule has 2 aliphatic rings. The van der Waals surface area contributed by atoms with Crippen LogP contribution in [-0.4, -0.2) is 4.21 Å². The molecule has 0 heterocycles. The molecule has 2 aliphatic carbocycles. The van der Waals surface area contributed by atoms with Crippen LogP contribution in [-0.2, 0) is 41.5 Å². The molecular formula is C40H54Cl2Zr-4. The molecule has 1 unspecified atom stereocenters. The molecule has 0 aliphatic heterocycles. The maximum Gasteiger partial charge on any atom is -0.171 e. The van der Waals surface area contributed by atoms with Crippen LogP contribution in [0.2, 0.25) is 0 Å². The van der Waals surface area contributed by atoms with E-state index in [-0.39, 0.29) is 43.1 Å². The molecule has 43 heavy (non-hydrogen) atoms. The summed E-state index contributed by atoms with van der Waals surface area (Å²) < 4.78 is 3.34. The number of fused-ring (bicyclic) bond motifs is 3. The molecule has 0 saturated carbocycles. The van der Waals surface area contributed by atoms with Gasteiger partial charge in [0, 0.05) is 0 Å². The second-order valence-electron chi connectivity index (χ2n) is 13.8. The number of hydrogen-bond acceptors (Lipinski definition) is 0. The van der Waals surface area contributed by atoms with Gasteiger partial charge in [-0.2, -0.15) is 77.4 Å². The van der Waals surface area contributed by atoms with Crippen LogP contribution < -0.4 is 0 Å². The van der Waals surface area contributed by atoms with Gasteiger partial charge in [-0.05, 0) is 17.4 Å². The monoisotopic (exact) mass is 694 g/mol. The maximum absolute atomic E-state index is 3.53. The van der Waals surface area contributed by atoms with Gasteiger partial charge >= 0.3 is 28.4 Å². The number of halogens is 2. The quantitative estimate of drug-likeness (QED) is 0.161. The fourth-order valence-electron chi connectivity index (χ4n) is 4.98. The van der Waals surface area contributed by atoms with Crippen molar-refractivity contribution in [2.24, 2.45) is 11.3 Å². The molecule has 0 nitrogen and oxygen atoms in total. The average Bonchev–Trinajstić information content (AvgIpc) is 3.44. The standard InChI is InChI=1S/C21H25.C11H17.C6H5.CH3.CH2.2ClH.Zr/c1-20(2,3)16-9-7-14-11-15-8-10-17(21(4,5)6)13-19(15)18(14)12-16;1-8-6-9(2)10(7-8)11(3,4)5;1-2-4-6-5-3-1;;;;;/h7,9-10,12-13H,11H2,1-6H3;7-8H,1-5H3;1-5H;1H3;1H2;2*1H;/q4*-1;;;;. The summed E-state index contributed by atoms with van der Waals surface area (Å²) in [6, 6.07) is 27.6. The first-order valence-electron chi connectivity index (χ1n) is 14.4. The molecule has 236 valence electrons. The third-order valence-electron chi connectivity index (χ3n) is 7.21. The summed E-state index contributed by atoms with van der Waals surface area (Å²) in [6.45, 7) is 24.7. The summed E-state index contributed by atoms with van der Waals surface area (Å²) in [5, 5.41) is 0.